The number of tetrazole rings is 1. The van der Waals surface area contributed by atoms with Gasteiger partial charge in [-0.3, -0.25) is 36.4 Å². The van der Waals surface area contributed by atoms with Gasteiger partial charge in [-0.05, 0) is 161 Å². The second-order valence-electron chi connectivity index (χ2n) is 39.5. The quantitative estimate of drug-likeness (QED) is 0.116. The van der Waals surface area contributed by atoms with E-state index in [0.29, 0.717) is 40.8 Å². The highest BCUT2D eigenvalue weighted by molar-refractivity contribution is 5.93. The van der Waals surface area contributed by atoms with E-state index < -0.39 is 11.8 Å². The number of nitrogens with one attached hydrogen (secondary N) is 1. The lowest BCUT2D eigenvalue weighted by molar-refractivity contribution is -0.107. The molecule has 2 amide bonds. The molecule has 29 heteroatoms. The molecule has 133 heavy (non-hydrogen) atoms. The molecule has 0 fully saturated rings. The molecule has 16 heterocycles. The van der Waals surface area contributed by atoms with Crippen LogP contribution in [0.2, 0.25) is 0 Å². The number of hydrogen-bond donors (Lipinski definition) is 4. The molecule has 0 aliphatic carbocycles. The van der Waals surface area contributed by atoms with Gasteiger partial charge in [0.05, 0.1) is 36.0 Å². The van der Waals surface area contributed by atoms with Gasteiger partial charge in [0, 0.05) is 85.9 Å². The zero-order valence-corrected chi connectivity index (χ0v) is 77.9. The Morgan fingerprint density at radius 1 is 0.414 bits per heavy atom. The third kappa shape index (κ3) is 27.4. The molecule has 7 N–H and O–H groups in total. The average molecular weight is 1810 g/mol. The molecule has 1 aromatic carbocycles. The first-order valence-corrected chi connectivity index (χ1v) is 41.8. The predicted octanol–water partition coefficient (Wildman–Crippen LogP) is 22.5. The normalized spacial score (nSPS) is 11.4. The fourth-order valence-corrected chi connectivity index (χ4v) is 13.2. The topological polar surface area (TPSA) is 376 Å². The molecular weight excluding hydrogens is 1660 g/mol. The van der Waals surface area contributed by atoms with E-state index in [2.05, 4.69) is 323 Å². The number of carbonyl (C=O) groups is 4. The molecule has 0 saturated heterocycles. The molecule has 0 atom stereocenters. The van der Waals surface area contributed by atoms with Gasteiger partial charge in [0.15, 0.2) is 5.65 Å². The number of H-pyrrole nitrogens is 1. The highest BCUT2D eigenvalue weighted by atomic mass is 16.2. The van der Waals surface area contributed by atoms with Gasteiger partial charge < -0.3 is 30.8 Å². The Morgan fingerprint density at radius 3 is 1.25 bits per heavy atom. The zero-order valence-electron chi connectivity index (χ0n) is 77.9. The fourth-order valence-electron chi connectivity index (χ4n) is 13.2. The summed E-state index contributed by atoms with van der Waals surface area (Å²) in [5, 5.41) is 35.7. The molecule has 17 rings (SSSR count). The zero-order chi connectivity index (χ0) is 92.9. The molecule has 0 aliphatic heterocycles. The summed E-state index contributed by atoms with van der Waals surface area (Å²) in [6.45, 7) is 57.3. The first-order chi connectivity index (χ1) is 58.6. The minimum Gasteiger partial charge on any atom is -0.383 e. The van der Waals surface area contributed by atoms with Crippen molar-refractivity contribution in [1.82, 2.24) is 101 Å². The van der Waals surface area contributed by atoms with Crippen molar-refractivity contribution in [3.05, 3.63) is 262 Å². The lowest BCUT2D eigenvalue weighted by atomic mass is 9.86. The van der Waals surface area contributed by atoms with Gasteiger partial charge in [-0.15, -0.1) is 20.4 Å². The molecule has 714 valence electrons. The van der Waals surface area contributed by atoms with E-state index in [1.165, 1.54) is 50.7 Å². The maximum absolute atomic E-state index is 11.4. The molecule has 0 saturated carbocycles. The van der Waals surface area contributed by atoms with Gasteiger partial charge in [-0.2, -0.15) is 15.6 Å². The summed E-state index contributed by atoms with van der Waals surface area (Å²) < 4.78 is 14.7. The number of nitrogens with two attached hydrogens (primary N) is 3. The first kappa shape index (κ1) is 113. The Bertz CT molecular complexity index is 6700. The molecule has 0 bridgehead atoms. The minimum atomic E-state index is -0.571. The average Bonchev–Trinajstić information content (AvgIpc) is 1.65. The maximum Gasteiger partial charge on any atom is 0.287 e. The van der Waals surface area contributed by atoms with Crippen LogP contribution >= 0.6 is 0 Å². The Hall–Kier alpha value is -13.9. The van der Waals surface area contributed by atoms with Crippen LogP contribution in [0.25, 0.3) is 62.0 Å². The molecule has 0 unspecified atom stereocenters. The first-order valence-electron chi connectivity index (χ1n) is 41.8. The summed E-state index contributed by atoms with van der Waals surface area (Å²) in [7, 11) is 0. The Kier molecular flexibility index (Phi) is 37.8. The number of amides is 2. The maximum atomic E-state index is 11.4. The highest BCUT2D eigenvalue weighted by Gasteiger charge is 2.25. The molecule has 16 aromatic heterocycles. The van der Waals surface area contributed by atoms with Crippen LogP contribution in [0.4, 0.5) is 5.82 Å². The largest absolute Gasteiger partial charge is 0.383 e. The number of aryl methyl sites for hydroxylation is 2. The highest BCUT2D eigenvalue weighted by Crippen LogP contribution is 2.32. The van der Waals surface area contributed by atoms with Crippen LogP contribution in [-0.4, -0.2) is 125 Å². The molecule has 17 aromatic rings. The van der Waals surface area contributed by atoms with Crippen molar-refractivity contribution in [2.45, 2.75) is 289 Å². The number of imidazole rings is 6. The van der Waals surface area contributed by atoms with E-state index >= 15 is 0 Å². The van der Waals surface area contributed by atoms with E-state index in [9.17, 15) is 19.2 Å². The lowest BCUT2D eigenvalue weighted by Gasteiger charge is -2.19. The van der Waals surface area contributed by atoms with E-state index in [1.807, 2.05) is 97.0 Å². The Labute approximate surface area is 787 Å². The number of anilines is 1. The standard InChI is InChI=1S/C13H17N3O.2C13H16N2O.C12H14N6.C12H13N3.C12H16N2.C11H14N4O.C11H15N3.7CH4/c1-8-11(12(14)17)16-7-9(13(2,3)4)5-6-10(16)15-8;1-9(16)15-12-6-5-11(13(2,3)4)7-10(12)8-14-15;1-13(2,3)10-4-5-12-14-8-11(6-7-16)15(12)9-10;1-12(2,3)8-4-5-10-13-6-9(18(10)7-8)11-14-16-17-15-11;1-12(2,3)9-4-5-11-14-7-10(6-13)15(11)8-9;1-9-7-13-11-6-5-10(8-14(9)11)12(2,3)4;1-11(2,3)7-4-5-8-13-14-10(9(12)16)15(8)6-7;1-11(2,3)8-4-5-10-13-6-9(12)14(10)7-8;;;;;;;/h5-7H,1-4H3,(H2,14,17);5-8H,1-4H3;4-5,7-9H,6H2,1-3H3;4-7H,1-3H3,(H,14,15,16,17);4-5,7-8H,1-3H3;5-8H,1-4H3;4-6H,1-3H3,(H2,12,16);4-7H,12H2,1-3H3;7*1H4. The summed E-state index contributed by atoms with van der Waals surface area (Å²) >= 11 is 0. The Balaban J connectivity index is 0.000000389. The number of nitrogens with zero attached hydrogens (tertiary/aromatic N) is 21. The summed E-state index contributed by atoms with van der Waals surface area (Å²) in [5.41, 5.74) is 38.4. The monoisotopic (exact) mass is 1810 g/mol. The van der Waals surface area contributed by atoms with E-state index in [1.54, 1.807) is 46.7 Å². The molecule has 0 spiro atoms. The number of aldehydes is 1. The number of hydrogen-bond acceptors (Lipinski definition) is 18. The second-order valence-corrected chi connectivity index (χ2v) is 39.5. The van der Waals surface area contributed by atoms with Crippen LogP contribution in [0, 0.1) is 25.2 Å². The van der Waals surface area contributed by atoms with E-state index in [-0.39, 0.29) is 107 Å². The number of nitrogen functional groups attached to an aromatic ring is 1. The molecule has 29 nitrogen and oxygen atoms in total. The smallest absolute Gasteiger partial charge is 0.287 e. The van der Waals surface area contributed by atoms with Crippen molar-refractivity contribution in [3.63, 3.8) is 0 Å². The van der Waals surface area contributed by atoms with Crippen molar-refractivity contribution in [2.75, 3.05) is 5.73 Å². The van der Waals surface area contributed by atoms with E-state index in [4.69, 9.17) is 22.5 Å². The summed E-state index contributed by atoms with van der Waals surface area (Å²) in [4.78, 5) is 70.0. The molecule has 0 radical (unpaired) electrons. The molecule has 0 aliphatic rings. The van der Waals surface area contributed by atoms with Crippen LogP contribution in [0.5, 0.6) is 0 Å². The minimum absolute atomic E-state index is 0. The third-order valence-electron chi connectivity index (χ3n) is 21.2. The van der Waals surface area contributed by atoms with Crippen molar-refractivity contribution in [1.29, 1.82) is 5.26 Å². The number of aromatic nitrogens is 21. The van der Waals surface area contributed by atoms with Gasteiger partial charge in [-0.1, -0.05) is 267 Å². The van der Waals surface area contributed by atoms with Crippen molar-refractivity contribution in [2.24, 2.45) is 11.5 Å². The molecular formula is C104H149N25O4. The van der Waals surface area contributed by atoms with Gasteiger partial charge in [0.1, 0.15) is 69.1 Å². The summed E-state index contributed by atoms with van der Waals surface area (Å²) in [6, 6.07) is 36.5. The van der Waals surface area contributed by atoms with Gasteiger partial charge in [-0.25, -0.2) is 34.6 Å². The number of pyridine rings is 7. The number of aromatic amines is 1. The van der Waals surface area contributed by atoms with Crippen LogP contribution in [0.3, 0.4) is 0 Å². The Morgan fingerprint density at radius 2 is 0.797 bits per heavy atom. The summed E-state index contributed by atoms with van der Waals surface area (Å²) in [6.07, 6.45) is 25.9. The number of benzene rings is 1. The number of carbonyl (C=O) groups excluding carboxylic acids is 4. The second kappa shape index (κ2) is 44.3. The number of rotatable bonds is 5. The van der Waals surface area contributed by atoms with Gasteiger partial charge >= 0.3 is 0 Å². The predicted molar refractivity (Wildman–Crippen MR) is 545 cm³/mol. The third-order valence-corrected chi connectivity index (χ3v) is 21.2. The van der Waals surface area contributed by atoms with Gasteiger partial charge in [0.25, 0.3) is 11.8 Å². The van der Waals surface area contributed by atoms with E-state index in [0.717, 1.165) is 73.6 Å². The van der Waals surface area contributed by atoms with Crippen LogP contribution < -0.4 is 17.2 Å². The summed E-state index contributed by atoms with van der Waals surface area (Å²) in [5.74, 6) is 0.332. The number of fused-ring (bicyclic) bond motifs is 8. The van der Waals surface area contributed by atoms with Crippen LogP contribution in [0.1, 0.15) is 318 Å². The fraction of sp³-hybridized carbons (Fsp3) is 0.413. The lowest BCUT2D eigenvalue weighted by Crippen LogP contribution is -2.17. The van der Waals surface area contributed by atoms with Crippen molar-refractivity contribution >= 4 is 80.3 Å². The van der Waals surface area contributed by atoms with Crippen molar-refractivity contribution in [3.8, 4) is 17.6 Å². The van der Waals surface area contributed by atoms with Crippen LogP contribution in [-0.2, 0) is 54.5 Å². The number of primary amides is 2. The number of nitriles is 1. The van der Waals surface area contributed by atoms with Crippen LogP contribution in [0.15, 0.2) is 184 Å². The SMILES string of the molecule is C.C.C.C.C.C.C.CC(=O)n1ncc2cc(C(C)(C)C)ccc21.CC(C)(C)c1ccc2ncc(-c3nn[nH]n3)n2c1.CC(C)(C)c1ccc2ncc(C#N)n2c1.CC(C)(C)c1ccc2ncc(CC=O)n2c1.CC(C)(C)c1ccc2ncc(N)n2c1.CC(C)(C)c1ccc2nnc(C(N)=O)n2c1.Cc1cnc2ccc(C(C)(C)C)cn12.Cc1nc2ccc(C(C)(C)C)cn2c1C(N)=O. The van der Waals surface area contributed by atoms with Crippen molar-refractivity contribution < 1.29 is 19.2 Å². The van der Waals surface area contributed by atoms with Gasteiger partial charge in [0.2, 0.25) is 17.6 Å².